The molecule has 0 bridgehead atoms. The van der Waals surface area contributed by atoms with Gasteiger partial charge in [-0.2, -0.15) is 0 Å². The van der Waals surface area contributed by atoms with E-state index in [0.717, 1.165) is 87.8 Å². The number of nitrogens with zero attached hydrogens (tertiary/aromatic N) is 6. The standard InChI is InChI=1S/C27H35N7O/c35-27(28-12-17-32-14-9-20-6-3-4-7-22(20)18-32)21-10-15-33(16-11-21)25-24-26(30-19-29-25)34-13-5-1-2-8-23(34)31-24/h3-4,6-7,19,21H,1-2,5,8-18H2,(H,28,35). The van der Waals surface area contributed by atoms with E-state index < -0.39 is 0 Å². The summed E-state index contributed by atoms with van der Waals surface area (Å²) in [4.78, 5) is 31.8. The highest BCUT2D eigenvalue weighted by molar-refractivity contribution is 5.84. The number of fused-ring (bicyclic) bond motifs is 4. The molecule has 3 aliphatic heterocycles. The average Bonchev–Trinajstić information content (AvgIpc) is 3.09. The molecule has 0 atom stereocenters. The summed E-state index contributed by atoms with van der Waals surface area (Å²) in [5.41, 5.74) is 4.78. The van der Waals surface area contributed by atoms with Crippen molar-refractivity contribution in [2.75, 3.05) is 37.6 Å². The quantitative estimate of drug-likeness (QED) is 0.614. The molecule has 1 amide bonds. The van der Waals surface area contributed by atoms with Crippen molar-refractivity contribution in [1.82, 2.24) is 29.7 Å². The van der Waals surface area contributed by atoms with Crippen LogP contribution in [0.3, 0.4) is 0 Å². The van der Waals surface area contributed by atoms with E-state index in [2.05, 4.69) is 53.9 Å². The Labute approximate surface area is 206 Å². The van der Waals surface area contributed by atoms with Gasteiger partial charge in [0, 0.05) is 58.2 Å². The van der Waals surface area contributed by atoms with Crippen molar-refractivity contribution in [2.45, 2.75) is 58.0 Å². The van der Waals surface area contributed by atoms with Crippen LogP contribution < -0.4 is 10.2 Å². The third-order valence-corrected chi connectivity index (χ3v) is 7.98. The molecule has 35 heavy (non-hydrogen) atoms. The number of benzene rings is 1. The van der Waals surface area contributed by atoms with Gasteiger partial charge in [-0.25, -0.2) is 15.0 Å². The summed E-state index contributed by atoms with van der Waals surface area (Å²) >= 11 is 0. The molecule has 8 heteroatoms. The van der Waals surface area contributed by atoms with E-state index >= 15 is 0 Å². The number of rotatable bonds is 5. The molecule has 0 spiro atoms. The first-order valence-electron chi connectivity index (χ1n) is 13.3. The maximum atomic E-state index is 12.9. The van der Waals surface area contributed by atoms with Crippen molar-refractivity contribution < 1.29 is 4.79 Å². The van der Waals surface area contributed by atoms with E-state index in [9.17, 15) is 4.79 Å². The minimum absolute atomic E-state index is 0.0735. The second-order valence-electron chi connectivity index (χ2n) is 10.2. The van der Waals surface area contributed by atoms with Gasteiger partial charge in [0.05, 0.1) is 0 Å². The number of hydrogen-bond acceptors (Lipinski definition) is 6. The Balaban J connectivity index is 1.02. The number of carbonyl (C=O) groups is 1. The Hall–Kier alpha value is -3.00. The Morgan fingerprint density at radius 2 is 1.83 bits per heavy atom. The first-order valence-corrected chi connectivity index (χ1v) is 13.3. The lowest BCUT2D eigenvalue weighted by Crippen LogP contribution is -2.43. The lowest BCUT2D eigenvalue weighted by Gasteiger charge is -2.32. The van der Waals surface area contributed by atoms with Crippen LogP contribution in [0.5, 0.6) is 0 Å². The van der Waals surface area contributed by atoms with Crippen molar-refractivity contribution in [3.63, 3.8) is 0 Å². The Kier molecular flexibility index (Phi) is 6.37. The van der Waals surface area contributed by atoms with Gasteiger partial charge in [0.25, 0.3) is 0 Å². The molecular formula is C27H35N7O. The molecule has 0 saturated carbocycles. The van der Waals surface area contributed by atoms with Crippen LogP contribution in [-0.4, -0.2) is 63.0 Å². The van der Waals surface area contributed by atoms with E-state index in [1.165, 1.54) is 30.4 Å². The molecule has 3 aromatic rings. The fourth-order valence-corrected chi connectivity index (χ4v) is 5.94. The zero-order valence-electron chi connectivity index (χ0n) is 20.5. The van der Waals surface area contributed by atoms with Gasteiger partial charge in [0.15, 0.2) is 17.0 Å². The molecule has 1 fully saturated rings. The highest BCUT2D eigenvalue weighted by Gasteiger charge is 2.28. The third-order valence-electron chi connectivity index (χ3n) is 7.98. The van der Waals surface area contributed by atoms with Crippen LogP contribution in [0.1, 0.15) is 49.1 Å². The molecule has 2 aromatic heterocycles. The molecule has 1 N–H and O–H groups in total. The van der Waals surface area contributed by atoms with E-state index in [-0.39, 0.29) is 11.8 Å². The van der Waals surface area contributed by atoms with Crippen LogP contribution >= 0.6 is 0 Å². The normalized spacial score (nSPS) is 19.3. The van der Waals surface area contributed by atoms with Crippen LogP contribution in [0.2, 0.25) is 0 Å². The number of carbonyl (C=O) groups excluding carboxylic acids is 1. The van der Waals surface area contributed by atoms with Gasteiger partial charge in [-0.1, -0.05) is 30.7 Å². The average molecular weight is 474 g/mol. The molecule has 8 nitrogen and oxygen atoms in total. The number of amides is 1. The smallest absolute Gasteiger partial charge is 0.223 e. The Morgan fingerprint density at radius 1 is 0.971 bits per heavy atom. The molecule has 5 heterocycles. The number of aromatic nitrogens is 4. The number of piperidine rings is 1. The van der Waals surface area contributed by atoms with Gasteiger partial charge >= 0.3 is 0 Å². The topological polar surface area (TPSA) is 79.2 Å². The van der Waals surface area contributed by atoms with Crippen LogP contribution in [0.4, 0.5) is 5.82 Å². The molecule has 0 aliphatic carbocycles. The summed E-state index contributed by atoms with van der Waals surface area (Å²) in [6.07, 6.45) is 9.12. The zero-order valence-corrected chi connectivity index (χ0v) is 20.5. The molecule has 184 valence electrons. The largest absolute Gasteiger partial charge is 0.355 e. The van der Waals surface area contributed by atoms with E-state index in [0.29, 0.717) is 6.54 Å². The molecule has 3 aliphatic rings. The highest BCUT2D eigenvalue weighted by Crippen LogP contribution is 2.29. The fraction of sp³-hybridized carbons (Fsp3) is 0.556. The minimum Gasteiger partial charge on any atom is -0.355 e. The summed E-state index contributed by atoms with van der Waals surface area (Å²) in [6.45, 7) is 6.32. The van der Waals surface area contributed by atoms with Crippen LogP contribution in [0, 0.1) is 5.92 Å². The van der Waals surface area contributed by atoms with Gasteiger partial charge in [0.1, 0.15) is 12.2 Å². The fourth-order valence-electron chi connectivity index (χ4n) is 5.94. The minimum atomic E-state index is 0.0735. The molecular weight excluding hydrogens is 438 g/mol. The lowest BCUT2D eigenvalue weighted by molar-refractivity contribution is -0.125. The maximum absolute atomic E-state index is 12.9. The van der Waals surface area contributed by atoms with Crippen molar-refractivity contribution in [1.29, 1.82) is 0 Å². The second-order valence-corrected chi connectivity index (χ2v) is 10.2. The van der Waals surface area contributed by atoms with E-state index in [1.807, 2.05) is 0 Å². The van der Waals surface area contributed by atoms with Gasteiger partial charge in [-0.15, -0.1) is 0 Å². The molecule has 1 saturated heterocycles. The van der Waals surface area contributed by atoms with Crippen LogP contribution in [0.25, 0.3) is 11.2 Å². The van der Waals surface area contributed by atoms with Crippen molar-refractivity contribution >= 4 is 22.9 Å². The van der Waals surface area contributed by atoms with Crippen molar-refractivity contribution in [2.24, 2.45) is 5.92 Å². The summed E-state index contributed by atoms with van der Waals surface area (Å²) in [5.74, 6) is 2.35. The molecule has 0 radical (unpaired) electrons. The number of anilines is 1. The predicted molar refractivity (Wildman–Crippen MR) is 136 cm³/mol. The number of aryl methyl sites for hydroxylation is 2. The van der Waals surface area contributed by atoms with Crippen LogP contribution in [0.15, 0.2) is 30.6 Å². The van der Waals surface area contributed by atoms with Crippen LogP contribution in [-0.2, 0) is 30.7 Å². The summed E-state index contributed by atoms with van der Waals surface area (Å²) in [7, 11) is 0. The maximum Gasteiger partial charge on any atom is 0.223 e. The predicted octanol–water partition coefficient (Wildman–Crippen LogP) is 2.94. The summed E-state index contributed by atoms with van der Waals surface area (Å²) in [6, 6.07) is 8.69. The monoisotopic (exact) mass is 473 g/mol. The number of imidazole rings is 1. The number of hydrogen-bond donors (Lipinski definition) is 1. The van der Waals surface area contributed by atoms with Crippen molar-refractivity contribution in [3.05, 3.63) is 47.5 Å². The van der Waals surface area contributed by atoms with Gasteiger partial charge < -0.3 is 14.8 Å². The first-order chi connectivity index (χ1) is 17.3. The number of nitrogens with one attached hydrogen (secondary N) is 1. The van der Waals surface area contributed by atoms with Gasteiger partial charge in [-0.05, 0) is 43.2 Å². The van der Waals surface area contributed by atoms with Crippen molar-refractivity contribution in [3.8, 4) is 0 Å². The van der Waals surface area contributed by atoms with Gasteiger partial charge in [0.2, 0.25) is 5.91 Å². The van der Waals surface area contributed by atoms with E-state index in [4.69, 9.17) is 4.98 Å². The summed E-state index contributed by atoms with van der Waals surface area (Å²) in [5, 5.41) is 3.21. The summed E-state index contributed by atoms with van der Waals surface area (Å²) < 4.78 is 2.29. The molecule has 6 rings (SSSR count). The Morgan fingerprint density at radius 3 is 2.71 bits per heavy atom. The molecule has 1 aromatic carbocycles. The highest BCUT2D eigenvalue weighted by atomic mass is 16.1. The second kappa shape index (κ2) is 9.93. The SMILES string of the molecule is O=C(NCCN1CCc2ccccc2C1)C1CCN(c2ncnc3c2nc2n3CCCCC2)CC1. The first kappa shape index (κ1) is 22.5. The van der Waals surface area contributed by atoms with Gasteiger partial charge in [-0.3, -0.25) is 9.69 Å². The lowest BCUT2D eigenvalue weighted by atomic mass is 9.96. The zero-order chi connectivity index (χ0) is 23.6. The third kappa shape index (κ3) is 4.63. The Bertz CT molecular complexity index is 1200. The van der Waals surface area contributed by atoms with E-state index in [1.54, 1.807) is 6.33 Å². The molecule has 0 unspecified atom stereocenters.